The van der Waals surface area contributed by atoms with Crippen LogP contribution < -0.4 is 0 Å². The first kappa shape index (κ1) is 17.4. The van der Waals surface area contributed by atoms with Gasteiger partial charge in [-0.1, -0.05) is 6.58 Å². The van der Waals surface area contributed by atoms with E-state index in [0.717, 1.165) is 0 Å². The Bertz CT molecular complexity index is 514. The van der Waals surface area contributed by atoms with Gasteiger partial charge in [-0.15, -0.1) is 0 Å². The van der Waals surface area contributed by atoms with Crippen LogP contribution in [0.5, 0.6) is 0 Å². The molecule has 0 amide bonds. The van der Waals surface area contributed by atoms with E-state index in [1.165, 1.54) is 20.8 Å². The summed E-state index contributed by atoms with van der Waals surface area (Å²) in [5, 5.41) is 0. The minimum Gasteiger partial charge on any atom is -0.463 e. The van der Waals surface area contributed by atoms with Gasteiger partial charge < -0.3 is 23.7 Å². The van der Waals surface area contributed by atoms with Crippen molar-refractivity contribution in [2.24, 2.45) is 5.92 Å². The van der Waals surface area contributed by atoms with Crippen molar-refractivity contribution in [1.29, 1.82) is 0 Å². The molecule has 0 radical (unpaired) electrons. The van der Waals surface area contributed by atoms with E-state index >= 15 is 0 Å². The van der Waals surface area contributed by atoms with E-state index in [1.807, 2.05) is 0 Å². The summed E-state index contributed by atoms with van der Waals surface area (Å²) < 4.78 is 26.8. The van der Waals surface area contributed by atoms with Gasteiger partial charge in [0.15, 0.2) is 18.5 Å². The summed E-state index contributed by atoms with van der Waals surface area (Å²) in [5.74, 6) is -2.04. The highest BCUT2D eigenvalue weighted by molar-refractivity contribution is 5.68. The fraction of sp³-hybridized carbons (Fsp3) is 0.667. The summed E-state index contributed by atoms with van der Waals surface area (Å²) >= 11 is 0. The van der Waals surface area contributed by atoms with Crippen LogP contribution in [0, 0.1) is 5.92 Å². The third kappa shape index (κ3) is 4.08. The molecule has 0 aromatic rings. The molecule has 0 bridgehead atoms. The van der Waals surface area contributed by atoms with E-state index in [9.17, 15) is 14.4 Å². The third-order valence-electron chi connectivity index (χ3n) is 3.61. The second-order valence-corrected chi connectivity index (χ2v) is 5.49. The molecule has 0 N–H and O–H groups in total. The van der Waals surface area contributed by atoms with Gasteiger partial charge in [-0.05, 0) is 5.57 Å². The van der Waals surface area contributed by atoms with Gasteiger partial charge >= 0.3 is 17.9 Å². The van der Waals surface area contributed by atoms with Crippen LogP contribution in [-0.2, 0) is 38.1 Å². The van der Waals surface area contributed by atoms with Crippen LogP contribution in [0.1, 0.15) is 20.8 Å². The molecule has 8 heteroatoms. The van der Waals surface area contributed by atoms with Gasteiger partial charge in [0, 0.05) is 20.8 Å². The van der Waals surface area contributed by atoms with Crippen LogP contribution in [0.25, 0.3) is 0 Å². The Balaban J connectivity index is 2.27. The minimum absolute atomic E-state index is 0.149. The molecule has 128 valence electrons. The lowest BCUT2D eigenvalue weighted by atomic mass is 9.87. The smallest absolute Gasteiger partial charge is 0.303 e. The topological polar surface area (TPSA) is 97.4 Å². The maximum absolute atomic E-state index is 11.5. The second kappa shape index (κ2) is 7.10. The number of hydrogen-bond donors (Lipinski definition) is 0. The zero-order valence-electron chi connectivity index (χ0n) is 13.3. The number of carbonyl (C=O) groups is 3. The number of hydrogen-bond acceptors (Lipinski definition) is 8. The number of rotatable bonds is 4. The first-order chi connectivity index (χ1) is 10.8. The molecule has 2 heterocycles. The molecule has 0 saturated carbocycles. The SMILES string of the molecule is C=C1CO[C@H]2O[C@H](COC(C)=O)[C@@H](OC(C)=O)[C@H](OC(C)=O)[C@@H]12. The predicted octanol–water partition coefficient (Wildman–Crippen LogP) is 0.340. The molecule has 2 saturated heterocycles. The number of ether oxygens (including phenoxy) is 5. The Morgan fingerprint density at radius 3 is 2.26 bits per heavy atom. The maximum Gasteiger partial charge on any atom is 0.303 e. The van der Waals surface area contributed by atoms with Gasteiger partial charge in [0.1, 0.15) is 12.7 Å². The van der Waals surface area contributed by atoms with E-state index in [-0.39, 0.29) is 13.2 Å². The van der Waals surface area contributed by atoms with Crippen molar-refractivity contribution in [3.8, 4) is 0 Å². The summed E-state index contributed by atoms with van der Waals surface area (Å²) in [4.78, 5) is 33.9. The average molecular weight is 328 g/mol. The molecule has 23 heavy (non-hydrogen) atoms. The Kier molecular flexibility index (Phi) is 5.38. The van der Waals surface area contributed by atoms with Gasteiger partial charge in [-0.3, -0.25) is 14.4 Å². The molecule has 2 fully saturated rings. The van der Waals surface area contributed by atoms with Crippen molar-refractivity contribution < 1.29 is 38.1 Å². The number of fused-ring (bicyclic) bond motifs is 1. The number of carbonyl (C=O) groups excluding carboxylic acids is 3. The Labute approximate surface area is 133 Å². The van der Waals surface area contributed by atoms with Crippen LogP contribution in [-0.4, -0.2) is 55.7 Å². The fourth-order valence-corrected chi connectivity index (χ4v) is 2.76. The normalized spacial score (nSPS) is 32.8. The van der Waals surface area contributed by atoms with Crippen LogP contribution in [0.15, 0.2) is 12.2 Å². The largest absolute Gasteiger partial charge is 0.463 e. The molecule has 0 aromatic heterocycles. The molecule has 2 rings (SSSR count). The van der Waals surface area contributed by atoms with Gasteiger partial charge in [0.25, 0.3) is 0 Å². The molecule has 0 aromatic carbocycles. The predicted molar refractivity (Wildman–Crippen MR) is 75.0 cm³/mol. The van der Waals surface area contributed by atoms with E-state index in [0.29, 0.717) is 5.57 Å². The summed E-state index contributed by atoms with van der Waals surface area (Å²) in [7, 11) is 0. The van der Waals surface area contributed by atoms with Crippen molar-refractivity contribution in [1.82, 2.24) is 0 Å². The second-order valence-electron chi connectivity index (χ2n) is 5.49. The Morgan fingerprint density at radius 1 is 1.09 bits per heavy atom. The third-order valence-corrected chi connectivity index (χ3v) is 3.61. The van der Waals surface area contributed by atoms with Crippen molar-refractivity contribution in [3.05, 3.63) is 12.2 Å². The number of esters is 3. The fourth-order valence-electron chi connectivity index (χ4n) is 2.76. The highest BCUT2D eigenvalue weighted by Crippen LogP contribution is 2.39. The molecule has 2 aliphatic heterocycles. The van der Waals surface area contributed by atoms with Crippen molar-refractivity contribution >= 4 is 17.9 Å². The van der Waals surface area contributed by atoms with Crippen molar-refractivity contribution in [2.75, 3.05) is 13.2 Å². The van der Waals surface area contributed by atoms with Crippen LogP contribution >= 0.6 is 0 Å². The minimum atomic E-state index is -0.921. The van der Waals surface area contributed by atoms with E-state index in [2.05, 4.69) is 6.58 Å². The molecule has 8 nitrogen and oxygen atoms in total. The standard InChI is InChI=1S/C15H20O8/c1-7-5-20-15-12(7)14(22-10(4)18)13(21-9(3)17)11(23-15)6-19-8(2)16/h11-15H,1,5-6H2,2-4H3/t11-,12-,13-,14-,15+/m1/s1. The van der Waals surface area contributed by atoms with Gasteiger partial charge in [0.05, 0.1) is 12.5 Å². The highest BCUT2D eigenvalue weighted by atomic mass is 16.7. The van der Waals surface area contributed by atoms with Gasteiger partial charge in [-0.25, -0.2) is 0 Å². The Morgan fingerprint density at radius 2 is 1.70 bits per heavy atom. The lowest BCUT2D eigenvalue weighted by Gasteiger charge is -2.42. The van der Waals surface area contributed by atoms with Gasteiger partial charge in [-0.2, -0.15) is 0 Å². The molecule has 0 spiro atoms. The monoisotopic (exact) mass is 328 g/mol. The zero-order valence-corrected chi connectivity index (χ0v) is 13.3. The summed E-state index contributed by atoms with van der Waals surface area (Å²) in [5.41, 5.74) is 0.685. The molecule has 0 aliphatic carbocycles. The zero-order chi connectivity index (χ0) is 17.1. The molecule has 2 aliphatic rings. The first-order valence-electron chi connectivity index (χ1n) is 7.22. The molecule has 0 unspecified atom stereocenters. The van der Waals surface area contributed by atoms with Gasteiger partial charge in [0.2, 0.25) is 0 Å². The quantitative estimate of drug-likeness (QED) is 0.414. The van der Waals surface area contributed by atoms with E-state index in [4.69, 9.17) is 23.7 Å². The summed E-state index contributed by atoms with van der Waals surface area (Å²) in [6, 6.07) is 0. The lowest BCUT2D eigenvalue weighted by Crippen LogP contribution is -2.57. The summed E-state index contributed by atoms with van der Waals surface area (Å²) in [6.07, 6.45) is -3.24. The van der Waals surface area contributed by atoms with Crippen LogP contribution in [0.4, 0.5) is 0 Å². The molecule has 5 atom stereocenters. The lowest BCUT2D eigenvalue weighted by molar-refractivity contribution is -0.266. The molecular formula is C15H20O8. The maximum atomic E-state index is 11.5. The Hall–Kier alpha value is -1.93. The van der Waals surface area contributed by atoms with Crippen LogP contribution in [0.2, 0.25) is 0 Å². The average Bonchev–Trinajstić information content (AvgIpc) is 2.79. The van der Waals surface area contributed by atoms with Crippen LogP contribution in [0.3, 0.4) is 0 Å². The first-order valence-corrected chi connectivity index (χ1v) is 7.22. The highest BCUT2D eigenvalue weighted by Gasteiger charge is 2.53. The van der Waals surface area contributed by atoms with E-state index in [1.54, 1.807) is 0 Å². The van der Waals surface area contributed by atoms with Crippen molar-refractivity contribution in [2.45, 2.75) is 45.4 Å². The van der Waals surface area contributed by atoms with Crippen molar-refractivity contribution in [3.63, 3.8) is 0 Å². The molecular weight excluding hydrogens is 308 g/mol. The summed E-state index contributed by atoms with van der Waals surface area (Å²) in [6.45, 7) is 7.74. The van der Waals surface area contributed by atoms with E-state index < -0.39 is 48.4 Å².